The highest BCUT2D eigenvalue weighted by molar-refractivity contribution is 8.18. The molecule has 0 radical (unpaired) electrons. The summed E-state index contributed by atoms with van der Waals surface area (Å²) < 4.78 is 19.2. The molecule has 0 aliphatic carbocycles. The van der Waals surface area contributed by atoms with Crippen molar-refractivity contribution in [3.05, 3.63) is 82.4 Å². The molecule has 0 atom stereocenters. The first kappa shape index (κ1) is 19.1. The topological polar surface area (TPSA) is 76.5 Å². The number of amidine groups is 1. The van der Waals surface area contributed by atoms with E-state index in [1.54, 1.807) is 30.3 Å². The summed E-state index contributed by atoms with van der Waals surface area (Å²) in [6, 6.07) is 16.1. The number of ether oxygens (including phenoxy) is 1. The van der Waals surface area contributed by atoms with E-state index in [-0.39, 0.29) is 17.1 Å². The van der Waals surface area contributed by atoms with Crippen molar-refractivity contribution < 1.29 is 13.9 Å². The molecule has 2 aromatic carbocycles. The van der Waals surface area contributed by atoms with Crippen LogP contribution in [-0.2, 0) is 4.79 Å². The number of hydrogen-bond donors (Lipinski definition) is 1. The smallest absolute Gasteiger partial charge is 0.264 e. The molecular weight excluding hydrogens is 415 g/mol. The quantitative estimate of drug-likeness (QED) is 0.471. The van der Waals surface area contributed by atoms with Crippen LogP contribution in [0.5, 0.6) is 11.6 Å². The average Bonchev–Trinajstić information content (AvgIpc) is 3.04. The van der Waals surface area contributed by atoms with Crippen molar-refractivity contribution in [3.63, 3.8) is 0 Å². The lowest BCUT2D eigenvalue weighted by Gasteiger charge is -2.06. The van der Waals surface area contributed by atoms with Gasteiger partial charge in [-0.05, 0) is 59.3 Å². The number of amides is 1. The van der Waals surface area contributed by atoms with Gasteiger partial charge in [0.2, 0.25) is 11.1 Å². The SMILES string of the molecule is O=C1NC(=Nc2ccccc2)S/C1=C\c1cccc(Oc2nc(Cl)ncc2F)c1. The van der Waals surface area contributed by atoms with Crippen molar-refractivity contribution in [1.29, 1.82) is 0 Å². The van der Waals surface area contributed by atoms with Crippen molar-refractivity contribution in [2.45, 2.75) is 0 Å². The summed E-state index contributed by atoms with van der Waals surface area (Å²) in [5, 5.41) is 3.11. The van der Waals surface area contributed by atoms with Crippen LogP contribution in [0.2, 0.25) is 5.28 Å². The van der Waals surface area contributed by atoms with Crippen LogP contribution in [0, 0.1) is 5.82 Å². The second kappa shape index (κ2) is 8.42. The second-order valence-corrected chi connectivity index (χ2v) is 7.15. The van der Waals surface area contributed by atoms with Crippen molar-refractivity contribution in [2.75, 3.05) is 0 Å². The number of hydrogen-bond acceptors (Lipinski definition) is 6. The lowest BCUT2D eigenvalue weighted by Crippen LogP contribution is -2.19. The van der Waals surface area contributed by atoms with E-state index in [1.807, 2.05) is 30.3 Å². The van der Waals surface area contributed by atoms with Gasteiger partial charge >= 0.3 is 0 Å². The zero-order valence-electron chi connectivity index (χ0n) is 14.7. The van der Waals surface area contributed by atoms with Gasteiger partial charge in [-0.25, -0.2) is 9.98 Å². The van der Waals surface area contributed by atoms with Crippen molar-refractivity contribution >= 4 is 46.2 Å². The van der Waals surface area contributed by atoms with Gasteiger partial charge in [0.05, 0.1) is 16.8 Å². The maximum Gasteiger partial charge on any atom is 0.264 e. The van der Waals surface area contributed by atoms with Gasteiger partial charge in [0, 0.05) is 0 Å². The van der Waals surface area contributed by atoms with Gasteiger partial charge in [-0.3, -0.25) is 4.79 Å². The first-order chi connectivity index (χ1) is 14.1. The number of carbonyl (C=O) groups excluding carboxylic acids is 1. The summed E-state index contributed by atoms with van der Waals surface area (Å²) >= 11 is 6.91. The van der Waals surface area contributed by atoms with Gasteiger partial charge in [-0.15, -0.1) is 0 Å². The number of rotatable bonds is 4. The fourth-order valence-electron chi connectivity index (χ4n) is 2.43. The highest BCUT2D eigenvalue weighted by Crippen LogP contribution is 2.29. The van der Waals surface area contributed by atoms with Crippen LogP contribution in [0.3, 0.4) is 0 Å². The van der Waals surface area contributed by atoms with Crippen molar-refractivity contribution in [3.8, 4) is 11.6 Å². The molecule has 0 bridgehead atoms. The van der Waals surface area contributed by atoms with Gasteiger partial charge in [-0.2, -0.15) is 9.37 Å². The maximum absolute atomic E-state index is 13.8. The number of nitrogens with one attached hydrogen (secondary N) is 1. The van der Waals surface area contributed by atoms with Gasteiger partial charge in [0.25, 0.3) is 11.8 Å². The molecule has 1 N–H and O–H groups in total. The highest BCUT2D eigenvalue weighted by atomic mass is 35.5. The first-order valence-corrected chi connectivity index (χ1v) is 9.57. The summed E-state index contributed by atoms with van der Waals surface area (Å²) in [7, 11) is 0. The second-order valence-electron chi connectivity index (χ2n) is 5.78. The summed E-state index contributed by atoms with van der Waals surface area (Å²) in [6.45, 7) is 0. The number of thioether (sulfide) groups is 1. The molecular formula is C20H12ClFN4O2S. The molecule has 1 saturated heterocycles. The number of carbonyl (C=O) groups is 1. The predicted molar refractivity (Wildman–Crippen MR) is 111 cm³/mol. The molecule has 1 amide bonds. The van der Waals surface area contributed by atoms with Crippen LogP contribution in [0.1, 0.15) is 5.56 Å². The van der Waals surface area contributed by atoms with Crippen LogP contribution in [0.4, 0.5) is 10.1 Å². The Morgan fingerprint density at radius 3 is 2.83 bits per heavy atom. The zero-order chi connectivity index (χ0) is 20.2. The molecule has 4 rings (SSSR count). The average molecular weight is 427 g/mol. The molecule has 3 aromatic rings. The highest BCUT2D eigenvalue weighted by Gasteiger charge is 2.23. The summed E-state index contributed by atoms with van der Waals surface area (Å²) in [5.74, 6) is -0.912. The lowest BCUT2D eigenvalue weighted by molar-refractivity contribution is -0.115. The summed E-state index contributed by atoms with van der Waals surface area (Å²) in [4.78, 5) is 24.4. The summed E-state index contributed by atoms with van der Waals surface area (Å²) in [5.41, 5.74) is 1.44. The van der Waals surface area contributed by atoms with Crippen molar-refractivity contribution in [2.24, 2.45) is 4.99 Å². The van der Waals surface area contributed by atoms with E-state index >= 15 is 0 Å². The zero-order valence-corrected chi connectivity index (χ0v) is 16.2. The fraction of sp³-hybridized carbons (Fsp3) is 0. The standard InChI is InChI=1S/C20H12ClFN4O2S/c21-19-23-11-15(22)18(26-19)28-14-8-4-5-12(9-14)10-16-17(27)25-20(29-16)24-13-6-2-1-3-7-13/h1-11H,(H,24,25,27)/b16-10-. The number of benzene rings is 2. The molecule has 144 valence electrons. The van der Waals surface area contributed by atoms with E-state index < -0.39 is 5.82 Å². The van der Waals surface area contributed by atoms with E-state index in [9.17, 15) is 9.18 Å². The number of nitrogens with zero attached hydrogens (tertiary/aromatic N) is 3. The molecule has 0 unspecified atom stereocenters. The Kier molecular flexibility index (Phi) is 5.55. The molecule has 0 spiro atoms. The largest absolute Gasteiger partial charge is 0.436 e. The Morgan fingerprint density at radius 2 is 2.00 bits per heavy atom. The van der Waals surface area contributed by atoms with E-state index in [1.165, 1.54) is 11.8 Å². The normalized spacial score (nSPS) is 16.3. The molecule has 9 heteroatoms. The minimum Gasteiger partial charge on any atom is -0.436 e. The van der Waals surface area contributed by atoms with Crippen LogP contribution < -0.4 is 10.1 Å². The monoisotopic (exact) mass is 426 g/mol. The Hall–Kier alpha value is -3.23. The number of para-hydroxylation sites is 1. The Morgan fingerprint density at radius 1 is 1.17 bits per heavy atom. The summed E-state index contributed by atoms with van der Waals surface area (Å²) in [6.07, 6.45) is 2.63. The van der Waals surface area contributed by atoms with Gasteiger partial charge in [-0.1, -0.05) is 30.3 Å². The van der Waals surface area contributed by atoms with E-state index in [2.05, 4.69) is 20.3 Å². The van der Waals surface area contributed by atoms with Crippen LogP contribution >= 0.6 is 23.4 Å². The van der Waals surface area contributed by atoms with E-state index in [0.29, 0.717) is 21.4 Å². The Bertz CT molecular complexity index is 1140. The third-order valence-corrected chi connectivity index (χ3v) is 4.78. The minimum atomic E-state index is -0.731. The third-order valence-electron chi connectivity index (χ3n) is 3.69. The molecule has 2 heterocycles. The fourth-order valence-corrected chi connectivity index (χ4v) is 3.40. The predicted octanol–water partition coefficient (Wildman–Crippen LogP) is 4.95. The molecule has 1 aromatic heterocycles. The lowest BCUT2D eigenvalue weighted by atomic mass is 10.2. The number of aliphatic imine (C=N–C) groups is 1. The Balaban J connectivity index is 1.54. The number of aromatic nitrogens is 2. The van der Waals surface area contributed by atoms with Gasteiger partial charge < -0.3 is 10.1 Å². The minimum absolute atomic E-state index is 0.121. The van der Waals surface area contributed by atoms with Crippen LogP contribution in [0.15, 0.2) is 70.7 Å². The Labute approximate surface area is 174 Å². The third kappa shape index (κ3) is 4.79. The molecule has 0 saturated carbocycles. The number of halogens is 2. The van der Waals surface area contributed by atoms with Crippen molar-refractivity contribution in [1.82, 2.24) is 15.3 Å². The molecule has 6 nitrogen and oxygen atoms in total. The van der Waals surface area contributed by atoms with Gasteiger partial charge in [0.15, 0.2) is 5.17 Å². The maximum atomic E-state index is 13.8. The molecule has 1 aliphatic heterocycles. The van der Waals surface area contributed by atoms with Crippen LogP contribution in [-0.4, -0.2) is 21.0 Å². The van der Waals surface area contributed by atoms with Crippen LogP contribution in [0.25, 0.3) is 6.08 Å². The molecule has 29 heavy (non-hydrogen) atoms. The van der Waals surface area contributed by atoms with Gasteiger partial charge in [0.1, 0.15) is 5.75 Å². The first-order valence-electron chi connectivity index (χ1n) is 8.37. The molecule has 1 fully saturated rings. The van der Waals surface area contributed by atoms with E-state index in [0.717, 1.165) is 11.9 Å². The molecule has 1 aliphatic rings. The van der Waals surface area contributed by atoms with E-state index in [4.69, 9.17) is 16.3 Å².